The molecule has 1 aliphatic heterocycles. The van der Waals surface area contributed by atoms with Crippen molar-refractivity contribution in [1.82, 2.24) is 10.2 Å². The van der Waals surface area contributed by atoms with Crippen LogP contribution in [0, 0.1) is 17.8 Å². The van der Waals surface area contributed by atoms with Crippen LogP contribution in [0.2, 0.25) is 0 Å². The number of aliphatic hydroxyl groups excluding tert-OH is 1. The predicted octanol–water partition coefficient (Wildman–Crippen LogP) is 0.378. The Morgan fingerprint density at radius 2 is 2.16 bits per heavy atom. The van der Waals surface area contributed by atoms with Gasteiger partial charge in [0.2, 0.25) is 11.8 Å². The summed E-state index contributed by atoms with van der Waals surface area (Å²) >= 11 is 0. The molecule has 0 spiro atoms. The number of carbonyl (C=O) groups excluding carboxylic acids is 2. The molecule has 1 saturated heterocycles. The second-order valence-electron chi connectivity index (χ2n) is 5.99. The smallest absolute Gasteiger partial charge is 0.224 e. The number of aliphatic hydroxyl groups is 1. The van der Waals surface area contributed by atoms with Gasteiger partial charge in [0.05, 0.1) is 6.10 Å². The molecule has 2 fully saturated rings. The number of hydrogen-bond donors (Lipinski definition) is 2. The maximum atomic E-state index is 11.9. The second kappa shape index (κ2) is 5.90. The van der Waals surface area contributed by atoms with E-state index in [1.165, 1.54) is 0 Å². The van der Waals surface area contributed by atoms with Crippen LogP contribution in [0.4, 0.5) is 0 Å². The van der Waals surface area contributed by atoms with Gasteiger partial charge in [-0.1, -0.05) is 6.92 Å². The van der Waals surface area contributed by atoms with Crippen LogP contribution in [-0.4, -0.2) is 47.6 Å². The Labute approximate surface area is 114 Å². The van der Waals surface area contributed by atoms with Crippen LogP contribution in [0.25, 0.3) is 0 Å². The van der Waals surface area contributed by atoms with Crippen molar-refractivity contribution in [2.45, 2.75) is 39.2 Å². The first-order valence-corrected chi connectivity index (χ1v) is 7.22. The minimum Gasteiger partial charge on any atom is -0.393 e. The molecule has 2 rings (SSSR count). The van der Waals surface area contributed by atoms with Gasteiger partial charge < -0.3 is 15.3 Å². The van der Waals surface area contributed by atoms with Gasteiger partial charge in [0, 0.05) is 37.9 Å². The molecule has 5 heteroatoms. The Bertz CT molecular complexity index is 357. The third kappa shape index (κ3) is 3.69. The first kappa shape index (κ1) is 14.3. The number of carbonyl (C=O) groups is 2. The highest BCUT2D eigenvalue weighted by Gasteiger charge is 2.38. The van der Waals surface area contributed by atoms with Crippen LogP contribution < -0.4 is 5.32 Å². The largest absolute Gasteiger partial charge is 0.393 e. The average Bonchev–Trinajstić information content (AvgIpc) is 2.91. The standard InChI is InChI=1S/C14H24N2O3/c1-9-7-12(9)14(19)15-5-3-13(18)16-6-4-11(8-16)10(2)17/h9-12,17H,3-8H2,1-2H3,(H,15,19). The third-order valence-electron chi connectivity index (χ3n) is 4.34. The molecule has 2 N–H and O–H groups in total. The summed E-state index contributed by atoms with van der Waals surface area (Å²) < 4.78 is 0. The molecular weight excluding hydrogens is 244 g/mol. The summed E-state index contributed by atoms with van der Waals surface area (Å²) in [6.07, 6.45) is 1.85. The zero-order valence-electron chi connectivity index (χ0n) is 11.8. The van der Waals surface area contributed by atoms with Gasteiger partial charge in [0.1, 0.15) is 0 Å². The summed E-state index contributed by atoms with van der Waals surface area (Å²) in [5.41, 5.74) is 0. The molecule has 2 amide bonds. The van der Waals surface area contributed by atoms with E-state index >= 15 is 0 Å². The molecule has 4 atom stereocenters. The van der Waals surface area contributed by atoms with Gasteiger partial charge in [0.15, 0.2) is 0 Å². The molecule has 108 valence electrons. The Balaban J connectivity index is 1.63. The minimum absolute atomic E-state index is 0.0762. The SMILES string of the molecule is CC(O)C1CCN(C(=O)CCNC(=O)C2CC2C)C1. The quantitative estimate of drug-likeness (QED) is 0.757. The van der Waals surface area contributed by atoms with Crippen molar-refractivity contribution in [3.8, 4) is 0 Å². The first-order chi connectivity index (χ1) is 8.99. The number of amides is 2. The predicted molar refractivity (Wildman–Crippen MR) is 71.3 cm³/mol. The summed E-state index contributed by atoms with van der Waals surface area (Å²) in [5.74, 6) is 1.03. The van der Waals surface area contributed by atoms with Gasteiger partial charge in [-0.25, -0.2) is 0 Å². The topological polar surface area (TPSA) is 69.6 Å². The lowest BCUT2D eigenvalue weighted by Crippen LogP contribution is -2.34. The molecule has 0 bridgehead atoms. The van der Waals surface area contributed by atoms with E-state index in [2.05, 4.69) is 12.2 Å². The summed E-state index contributed by atoms with van der Waals surface area (Å²) in [4.78, 5) is 25.3. The summed E-state index contributed by atoms with van der Waals surface area (Å²) in [7, 11) is 0. The van der Waals surface area contributed by atoms with Crippen LogP contribution in [-0.2, 0) is 9.59 Å². The molecule has 1 aliphatic carbocycles. The van der Waals surface area contributed by atoms with E-state index in [1.54, 1.807) is 11.8 Å². The van der Waals surface area contributed by atoms with E-state index in [4.69, 9.17) is 0 Å². The van der Waals surface area contributed by atoms with Crippen LogP contribution in [0.3, 0.4) is 0 Å². The van der Waals surface area contributed by atoms with Crippen molar-refractivity contribution in [3.05, 3.63) is 0 Å². The molecular formula is C14H24N2O3. The van der Waals surface area contributed by atoms with Crippen LogP contribution in [0.1, 0.15) is 33.1 Å². The van der Waals surface area contributed by atoms with Crippen molar-refractivity contribution in [1.29, 1.82) is 0 Å². The van der Waals surface area contributed by atoms with Gasteiger partial charge in [-0.15, -0.1) is 0 Å². The fourth-order valence-corrected chi connectivity index (χ4v) is 2.68. The van der Waals surface area contributed by atoms with Gasteiger partial charge in [0.25, 0.3) is 0 Å². The van der Waals surface area contributed by atoms with E-state index in [0.29, 0.717) is 25.4 Å². The van der Waals surface area contributed by atoms with E-state index in [-0.39, 0.29) is 29.8 Å². The number of hydrogen-bond acceptors (Lipinski definition) is 3. The molecule has 1 saturated carbocycles. The fourth-order valence-electron chi connectivity index (χ4n) is 2.68. The molecule has 0 radical (unpaired) electrons. The van der Waals surface area contributed by atoms with E-state index < -0.39 is 0 Å². The molecule has 2 aliphatic rings. The summed E-state index contributed by atoms with van der Waals surface area (Å²) in [6, 6.07) is 0. The zero-order chi connectivity index (χ0) is 14.0. The Hall–Kier alpha value is -1.10. The molecule has 19 heavy (non-hydrogen) atoms. The van der Waals surface area contributed by atoms with E-state index in [1.807, 2.05) is 0 Å². The minimum atomic E-state index is -0.353. The van der Waals surface area contributed by atoms with Gasteiger partial charge in [-0.2, -0.15) is 0 Å². The third-order valence-corrected chi connectivity index (χ3v) is 4.34. The Morgan fingerprint density at radius 3 is 2.68 bits per heavy atom. The molecule has 0 aromatic heterocycles. The normalized spacial score (nSPS) is 31.1. The first-order valence-electron chi connectivity index (χ1n) is 7.22. The lowest BCUT2D eigenvalue weighted by molar-refractivity contribution is -0.130. The van der Waals surface area contributed by atoms with Gasteiger partial charge in [-0.3, -0.25) is 9.59 Å². The van der Waals surface area contributed by atoms with Crippen molar-refractivity contribution < 1.29 is 14.7 Å². The maximum absolute atomic E-state index is 11.9. The van der Waals surface area contributed by atoms with Crippen molar-refractivity contribution in [2.24, 2.45) is 17.8 Å². The van der Waals surface area contributed by atoms with Crippen molar-refractivity contribution in [3.63, 3.8) is 0 Å². The fraction of sp³-hybridized carbons (Fsp3) is 0.857. The lowest BCUT2D eigenvalue weighted by atomic mass is 10.0. The Morgan fingerprint density at radius 1 is 1.47 bits per heavy atom. The molecule has 0 aromatic rings. The molecule has 4 unspecified atom stereocenters. The summed E-state index contributed by atoms with van der Waals surface area (Å²) in [6.45, 7) is 5.63. The maximum Gasteiger partial charge on any atom is 0.224 e. The van der Waals surface area contributed by atoms with Crippen molar-refractivity contribution in [2.75, 3.05) is 19.6 Å². The lowest BCUT2D eigenvalue weighted by Gasteiger charge is -2.17. The van der Waals surface area contributed by atoms with Gasteiger partial charge in [-0.05, 0) is 25.7 Å². The van der Waals surface area contributed by atoms with E-state index in [9.17, 15) is 14.7 Å². The van der Waals surface area contributed by atoms with E-state index in [0.717, 1.165) is 19.4 Å². The monoisotopic (exact) mass is 268 g/mol. The average molecular weight is 268 g/mol. The number of nitrogens with one attached hydrogen (secondary N) is 1. The highest BCUT2D eigenvalue weighted by Crippen LogP contribution is 2.37. The Kier molecular flexibility index (Phi) is 4.45. The number of rotatable bonds is 5. The highest BCUT2D eigenvalue weighted by atomic mass is 16.3. The number of likely N-dealkylation sites (tertiary alicyclic amines) is 1. The van der Waals surface area contributed by atoms with Crippen LogP contribution in [0.5, 0.6) is 0 Å². The van der Waals surface area contributed by atoms with Crippen LogP contribution in [0.15, 0.2) is 0 Å². The molecule has 0 aromatic carbocycles. The number of nitrogens with zero attached hydrogens (tertiary/aromatic N) is 1. The highest BCUT2D eigenvalue weighted by molar-refractivity contribution is 5.82. The van der Waals surface area contributed by atoms with Crippen LogP contribution >= 0.6 is 0 Å². The molecule has 1 heterocycles. The van der Waals surface area contributed by atoms with Gasteiger partial charge >= 0.3 is 0 Å². The zero-order valence-corrected chi connectivity index (χ0v) is 11.8. The van der Waals surface area contributed by atoms with Crippen molar-refractivity contribution >= 4 is 11.8 Å². The summed E-state index contributed by atoms with van der Waals surface area (Å²) in [5, 5.41) is 12.3. The molecule has 5 nitrogen and oxygen atoms in total. The second-order valence-corrected chi connectivity index (χ2v) is 5.99.